The molecule has 0 aliphatic carbocycles. The quantitative estimate of drug-likeness (QED) is 0.0807. The van der Waals surface area contributed by atoms with Gasteiger partial charge in [-0.1, -0.05) is 36.4 Å². The fraction of sp³-hybridized carbons (Fsp3) is 0.283. The Bertz CT molecular complexity index is 2350. The lowest BCUT2D eigenvalue weighted by molar-refractivity contribution is 0.0600. The van der Waals surface area contributed by atoms with Gasteiger partial charge in [-0.25, -0.2) is 4.79 Å². The average molecular weight is 785 g/mol. The van der Waals surface area contributed by atoms with Gasteiger partial charge in [-0.05, 0) is 84.5 Å². The van der Waals surface area contributed by atoms with Gasteiger partial charge in [-0.3, -0.25) is 9.59 Å². The van der Waals surface area contributed by atoms with Gasteiger partial charge in [0.1, 0.15) is 13.2 Å². The van der Waals surface area contributed by atoms with Crippen LogP contribution in [0.15, 0.2) is 91.0 Å². The number of esters is 1. The summed E-state index contributed by atoms with van der Waals surface area (Å²) < 4.78 is 29.0. The Balaban J connectivity index is 1.09. The standard InChI is InChI=1S/C46H48N4O8/c1-28-15-31-11-8-10-14-40(31)50(28)45(52)36-21-42(55-5)44(23-38(36)47-2)58-27-30-16-29(17-33(18-30)46(53)56-6)26-57-43-22-37(34(25-51)20-41(43)54-4)48-24-35-19-32-12-7-9-13-39(32)49(35)3/h7-14,16-18,20-23,25,28,35,47-48H,15,19,24,26-27H2,1-6H3/t28-,35?/m1/s1. The summed E-state index contributed by atoms with van der Waals surface area (Å²) in [4.78, 5) is 43.1. The first kappa shape index (κ1) is 39.5. The van der Waals surface area contributed by atoms with Crippen LogP contribution in [0.5, 0.6) is 23.0 Å². The van der Waals surface area contributed by atoms with E-state index in [2.05, 4.69) is 40.8 Å². The third-order valence-electron chi connectivity index (χ3n) is 10.9. The molecule has 2 aliphatic heterocycles. The third kappa shape index (κ3) is 7.95. The van der Waals surface area contributed by atoms with Crippen molar-refractivity contribution in [2.45, 2.75) is 45.1 Å². The molecule has 0 bridgehead atoms. The third-order valence-corrected chi connectivity index (χ3v) is 10.9. The molecule has 2 heterocycles. The second kappa shape index (κ2) is 17.2. The molecule has 2 aliphatic rings. The number of hydrogen-bond acceptors (Lipinski definition) is 11. The topological polar surface area (TPSA) is 128 Å². The van der Waals surface area contributed by atoms with E-state index < -0.39 is 5.97 Å². The lowest BCUT2D eigenvalue weighted by atomic mass is 10.1. The zero-order valence-corrected chi connectivity index (χ0v) is 33.6. The number of rotatable bonds is 15. The van der Waals surface area contributed by atoms with Crippen LogP contribution in [-0.4, -0.2) is 72.2 Å². The predicted octanol–water partition coefficient (Wildman–Crippen LogP) is 7.57. The number of fused-ring (bicyclic) bond motifs is 2. The fourth-order valence-electron chi connectivity index (χ4n) is 7.86. The number of nitrogens with one attached hydrogen (secondary N) is 2. The Labute approximate surface area is 338 Å². The van der Waals surface area contributed by atoms with Gasteiger partial charge in [-0.15, -0.1) is 0 Å². The first-order valence-corrected chi connectivity index (χ1v) is 19.2. The summed E-state index contributed by atoms with van der Waals surface area (Å²) in [5.41, 5.74) is 8.28. The predicted molar refractivity (Wildman–Crippen MR) is 225 cm³/mol. The maximum Gasteiger partial charge on any atom is 0.337 e. The van der Waals surface area contributed by atoms with E-state index in [9.17, 15) is 14.4 Å². The molecule has 12 nitrogen and oxygen atoms in total. The van der Waals surface area contributed by atoms with Gasteiger partial charge in [0, 0.05) is 61.4 Å². The van der Waals surface area contributed by atoms with Crippen LogP contribution in [0, 0.1) is 0 Å². The highest BCUT2D eigenvalue weighted by Crippen LogP contribution is 2.39. The number of likely N-dealkylation sites (N-methyl/N-ethyl adjacent to an activating group) is 1. The van der Waals surface area contributed by atoms with Crippen LogP contribution in [0.1, 0.15) is 60.3 Å². The Morgan fingerprint density at radius 2 is 1.36 bits per heavy atom. The van der Waals surface area contributed by atoms with Gasteiger partial charge in [0.15, 0.2) is 29.3 Å². The first-order chi connectivity index (χ1) is 28.2. The number of carbonyl (C=O) groups is 3. The van der Waals surface area contributed by atoms with Crippen molar-refractivity contribution < 1.29 is 38.1 Å². The monoisotopic (exact) mass is 784 g/mol. The van der Waals surface area contributed by atoms with E-state index in [1.807, 2.05) is 48.2 Å². The Kier molecular flexibility index (Phi) is 11.7. The summed E-state index contributed by atoms with van der Waals surface area (Å²) in [5.74, 6) is 0.947. The van der Waals surface area contributed by atoms with Crippen LogP contribution in [-0.2, 0) is 30.8 Å². The number of hydrogen-bond donors (Lipinski definition) is 2. The SMILES string of the molecule is CNc1cc(OCc2cc(COc3cc(NCC4Cc5ccccc5N4C)c(C=O)cc3OC)cc(C(=O)OC)c2)c(OC)cc1C(=O)N1c2ccccc2C[C@H]1C. The van der Waals surface area contributed by atoms with Crippen molar-refractivity contribution in [1.29, 1.82) is 0 Å². The number of amides is 1. The van der Waals surface area contributed by atoms with Crippen LogP contribution in [0.3, 0.4) is 0 Å². The molecule has 0 radical (unpaired) electrons. The molecular formula is C46H48N4O8. The van der Waals surface area contributed by atoms with Crippen LogP contribution in [0.4, 0.5) is 22.7 Å². The zero-order chi connectivity index (χ0) is 40.9. The summed E-state index contributed by atoms with van der Waals surface area (Å²) in [6.07, 6.45) is 2.46. The second-order valence-electron chi connectivity index (χ2n) is 14.4. The van der Waals surface area contributed by atoms with Crippen molar-refractivity contribution in [2.24, 2.45) is 0 Å². The molecule has 2 N–H and O–H groups in total. The van der Waals surface area contributed by atoms with Crippen molar-refractivity contribution in [1.82, 2.24) is 0 Å². The van der Waals surface area contributed by atoms with E-state index in [0.29, 0.717) is 68.7 Å². The van der Waals surface area contributed by atoms with E-state index in [4.69, 9.17) is 23.7 Å². The van der Waals surface area contributed by atoms with E-state index in [1.165, 1.54) is 32.6 Å². The molecule has 7 rings (SSSR count). The highest BCUT2D eigenvalue weighted by molar-refractivity contribution is 6.11. The van der Waals surface area contributed by atoms with E-state index in [0.717, 1.165) is 30.4 Å². The second-order valence-corrected chi connectivity index (χ2v) is 14.4. The van der Waals surface area contributed by atoms with Crippen LogP contribution >= 0.6 is 0 Å². The molecule has 0 aromatic heterocycles. The number of methoxy groups -OCH3 is 3. The molecule has 2 atom stereocenters. The highest BCUT2D eigenvalue weighted by atomic mass is 16.5. The number of anilines is 4. The summed E-state index contributed by atoms with van der Waals surface area (Å²) in [6, 6.07) is 28.6. The van der Waals surface area contributed by atoms with Crippen molar-refractivity contribution in [2.75, 3.05) is 62.4 Å². The van der Waals surface area contributed by atoms with Gasteiger partial charge < -0.3 is 44.1 Å². The Morgan fingerprint density at radius 1 is 0.759 bits per heavy atom. The molecular weight excluding hydrogens is 737 g/mol. The maximum atomic E-state index is 14.0. The number of para-hydroxylation sites is 2. The van der Waals surface area contributed by atoms with Gasteiger partial charge in [0.05, 0.1) is 44.2 Å². The van der Waals surface area contributed by atoms with E-state index >= 15 is 0 Å². The average Bonchev–Trinajstić information content (AvgIpc) is 3.77. The van der Waals surface area contributed by atoms with Crippen molar-refractivity contribution in [3.05, 3.63) is 130 Å². The summed E-state index contributed by atoms with van der Waals surface area (Å²) in [7, 11) is 8.20. The molecule has 300 valence electrons. The number of nitrogens with zero attached hydrogens (tertiary/aromatic N) is 2. The minimum absolute atomic E-state index is 0.00444. The zero-order valence-electron chi connectivity index (χ0n) is 33.6. The molecule has 58 heavy (non-hydrogen) atoms. The lowest BCUT2D eigenvalue weighted by Crippen LogP contribution is -2.36. The summed E-state index contributed by atoms with van der Waals surface area (Å²) in [5, 5.41) is 6.61. The van der Waals surface area contributed by atoms with Gasteiger partial charge in [-0.2, -0.15) is 0 Å². The van der Waals surface area contributed by atoms with Crippen molar-refractivity contribution >= 4 is 40.9 Å². The van der Waals surface area contributed by atoms with Gasteiger partial charge >= 0.3 is 5.97 Å². The lowest BCUT2D eigenvalue weighted by Gasteiger charge is -2.25. The van der Waals surface area contributed by atoms with Crippen LogP contribution in [0.25, 0.3) is 0 Å². The first-order valence-electron chi connectivity index (χ1n) is 19.2. The largest absolute Gasteiger partial charge is 0.493 e. The van der Waals surface area contributed by atoms with E-state index in [1.54, 1.807) is 43.4 Å². The van der Waals surface area contributed by atoms with Gasteiger partial charge in [0.2, 0.25) is 0 Å². The van der Waals surface area contributed by atoms with Crippen molar-refractivity contribution in [3.8, 4) is 23.0 Å². The normalized spacial score (nSPS) is 15.3. The van der Waals surface area contributed by atoms with E-state index in [-0.39, 0.29) is 31.2 Å². The molecule has 0 fully saturated rings. The smallest absolute Gasteiger partial charge is 0.337 e. The Hall–Kier alpha value is -6.69. The molecule has 12 heteroatoms. The molecule has 1 amide bonds. The Morgan fingerprint density at radius 3 is 1.97 bits per heavy atom. The maximum absolute atomic E-state index is 14.0. The van der Waals surface area contributed by atoms with Crippen LogP contribution < -0.4 is 39.4 Å². The molecule has 1 unspecified atom stereocenters. The van der Waals surface area contributed by atoms with Gasteiger partial charge in [0.25, 0.3) is 5.91 Å². The fourth-order valence-corrected chi connectivity index (χ4v) is 7.86. The summed E-state index contributed by atoms with van der Waals surface area (Å²) in [6.45, 7) is 2.77. The molecule has 0 spiro atoms. The molecule has 5 aromatic carbocycles. The highest BCUT2D eigenvalue weighted by Gasteiger charge is 2.33. The molecule has 5 aromatic rings. The minimum atomic E-state index is -0.517. The number of carbonyl (C=O) groups excluding carboxylic acids is 3. The number of benzene rings is 5. The van der Waals surface area contributed by atoms with Crippen LogP contribution in [0.2, 0.25) is 0 Å². The molecule has 0 saturated heterocycles. The minimum Gasteiger partial charge on any atom is -0.493 e. The number of aldehydes is 1. The molecule has 0 saturated carbocycles. The van der Waals surface area contributed by atoms with Crippen molar-refractivity contribution in [3.63, 3.8) is 0 Å². The summed E-state index contributed by atoms with van der Waals surface area (Å²) >= 11 is 0. The number of ether oxygens (including phenoxy) is 5.